The quantitative estimate of drug-likeness (QED) is 0.624. The minimum absolute atomic E-state index is 0.224. The molecule has 3 unspecified atom stereocenters. The van der Waals surface area contributed by atoms with Gasteiger partial charge in [0.1, 0.15) is 5.60 Å². The second-order valence-electron chi connectivity index (χ2n) is 4.75. The third kappa shape index (κ3) is 1.35. The van der Waals surface area contributed by atoms with Crippen LogP contribution in [0.4, 0.5) is 0 Å². The number of carbonyl (C=O) groups excluding carboxylic acids is 1. The molecule has 0 aromatic carbocycles. The highest BCUT2D eigenvalue weighted by Gasteiger charge is 2.58. The van der Waals surface area contributed by atoms with Crippen LogP contribution in [0.5, 0.6) is 0 Å². The molecule has 2 aliphatic carbocycles. The van der Waals surface area contributed by atoms with E-state index in [1.807, 2.05) is 6.92 Å². The van der Waals surface area contributed by atoms with Gasteiger partial charge in [-0.05, 0) is 32.1 Å². The Morgan fingerprint density at radius 1 is 1.62 bits per heavy atom. The summed E-state index contributed by atoms with van der Waals surface area (Å²) in [4.78, 5) is 10.9. The van der Waals surface area contributed by atoms with E-state index in [0.717, 1.165) is 19.3 Å². The molecule has 2 bridgehead atoms. The molecule has 0 aromatic heterocycles. The number of carbonyl (C=O) groups is 1. The number of hydrogen-bond acceptors (Lipinski definition) is 3. The van der Waals surface area contributed by atoms with Crippen molar-refractivity contribution < 1.29 is 14.6 Å². The van der Waals surface area contributed by atoms with Crippen molar-refractivity contribution in [1.82, 2.24) is 0 Å². The van der Waals surface area contributed by atoms with Crippen molar-refractivity contribution >= 4 is 5.97 Å². The van der Waals surface area contributed by atoms with Crippen molar-refractivity contribution in [3.8, 4) is 0 Å². The van der Waals surface area contributed by atoms with Gasteiger partial charge in [0, 0.05) is 13.3 Å². The molecule has 2 saturated carbocycles. The molecule has 2 aliphatic rings. The van der Waals surface area contributed by atoms with Gasteiger partial charge >= 0.3 is 5.97 Å². The maximum Gasteiger partial charge on any atom is 0.303 e. The Morgan fingerprint density at radius 2 is 2.31 bits per heavy atom. The van der Waals surface area contributed by atoms with E-state index in [1.165, 1.54) is 6.92 Å². The SMILES string of the molecule is CC(=O)OC12CCC(C1)C(C)(O)C2. The van der Waals surface area contributed by atoms with E-state index in [-0.39, 0.29) is 11.6 Å². The lowest BCUT2D eigenvalue weighted by Crippen LogP contribution is -2.38. The van der Waals surface area contributed by atoms with Crippen LogP contribution in [0, 0.1) is 5.92 Å². The summed E-state index contributed by atoms with van der Waals surface area (Å²) in [6, 6.07) is 0. The smallest absolute Gasteiger partial charge is 0.303 e. The van der Waals surface area contributed by atoms with Crippen molar-refractivity contribution in [2.45, 2.75) is 50.7 Å². The molecule has 3 nitrogen and oxygen atoms in total. The van der Waals surface area contributed by atoms with Crippen LogP contribution in [0.3, 0.4) is 0 Å². The van der Waals surface area contributed by atoms with Gasteiger partial charge in [-0.25, -0.2) is 0 Å². The van der Waals surface area contributed by atoms with Crippen LogP contribution in [0.15, 0.2) is 0 Å². The van der Waals surface area contributed by atoms with Crippen molar-refractivity contribution in [2.24, 2.45) is 5.92 Å². The minimum Gasteiger partial charge on any atom is -0.459 e. The highest BCUT2D eigenvalue weighted by molar-refractivity contribution is 5.66. The summed E-state index contributed by atoms with van der Waals surface area (Å²) in [6.07, 6.45) is 3.37. The first-order chi connectivity index (χ1) is 5.94. The zero-order chi connectivity index (χ0) is 9.69. The van der Waals surface area contributed by atoms with E-state index in [0.29, 0.717) is 12.3 Å². The molecule has 13 heavy (non-hydrogen) atoms. The van der Waals surface area contributed by atoms with Gasteiger partial charge < -0.3 is 9.84 Å². The summed E-state index contributed by atoms with van der Waals surface area (Å²) < 4.78 is 5.33. The zero-order valence-corrected chi connectivity index (χ0v) is 8.17. The Morgan fingerprint density at radius 3 is 2.69 bits per heavy atom. The van der Waals surface area contributed by atoms with E-state index in [9.17, 15) is 9.90 Å². The molecule has 0 aliphatic heterocycles. The number of ether oxygens (including phenoxy) is 1. The monoisotopic (exact) mass is 184 g/mol. The standard InChI is InChI=1S/C10H16O3/c1-7(11)13-10-4-3-8(5-10)9(2,12)6-10/h8,12H,3-6H2,1-2H3. The van der Waals surface area contributed by atoms with Gasteiger partial charge in [-0.3, -0.25) is 4.79 Å². The number of hydrogen-bond donors (Lipinski definition) is 1. The normalized spacial score (nSPS) is 48.1. The average molecular weight is 184 g/mol. The van der Waals surface area contributed by atoms with Crippen LogP contribution in [0.25, 0.3) is 0 Å². The molecule has 3 heteroatoms. The van der Waals surface area contributed by atoms with E-state index in [2.05, 4.69) is 0 Å². The van der Waals surface area contributed by atoms with E-state index >= 15 is 0 Å². The third-order valence-corrected chi connectivity index (χ3v) is 3.49. The van der Waals surface area contributed by atoms with E-state index < -0.39 is 5.60 Å². The average Bonchev–Trinajstić information content (AvgIpc) is 2.37. The lowest BCUT2D eigenvalue weighted by atomic mass is 9.84. The summed E-state index contributed by atoms with van der Waals surface area (Å²) in [7, 11) is 0. The molecule has 3 atom stereocenters. The van der Waals surface area contributed by atoms with E-state index in [4.69, 9.17) is 4.74 Å². The molecule has 0 aromatic rings. The third-order valence-electron chi connectivity index (χ3n) is 3.49. The predicted octanol–water partition coefficient (Wildman–Crippen LogP) is 1.24. The molecule has 0 amide bonds. The maximum atomic E-state index is 10.9. The van der Waals surface area contributed by atoms with Gasteiger partial charge in [-0.1, -0.05) is 0 Å². The molecule has 2 fully saturated rings. The number of aliphatic hydroxyl groups is 1. The fourth-order valence-electron chi connectivity index (χ4n) is 3.01. The Labute approximate surface area is 78.1 Å². The summed E-state index contributed by atoms with van der Waals surface area (Å²) in [5.74, 6) is 0.102. The van der Waals surface area contributed by atoms with Gasteiger partial charge in [0.2, 0.25) is 0 Å². The molecular formula is C10H16O3. The molecule has 0 heterocycles. The first-order valence-corrected chi connectivity index (χ1v) is 4.86. The molecule has 0 spiro atoms. The lowest BCUT2D eigenvalue weighted by Gasteiger charge is -2.33. The first-order valence-electron chi connectivity index (χ1n) is 4.86. The molecule has 2 rings (SSSR count). The fraction of sp³-hybridized carbons (Fsp3) is 0.900. The summed E-state index contributed by atoms with van der Waals surface area (Å²) in [6.45, 7) is 3.29. The predicted molar refractivity (Wildman–Crippen MR) is 47.1 cm³/mol. The summed E-state index contributed by atoms with van der Waals surface area (Å²) in [5, 5.41) is 9.97. The lowest BCUT2D eigenvalue weighted by molar-refractivity contribution is -0.158. The zero-order valence-electron chi connectivity index (χ0n) is 8.17. The number of fused-ring (bicyclic) bond motifs is 2. The number of esters is 1. The first kappa shape index (κ1) is 9.00. The Bertz CT molecular complexity index is 247. The van der Waals surface area contributed by atoms with Gasteiger partial charge in [-0.2, -0.15) is 0 Å². The van der Waals surface area contributed by atoms with Gasteiger partial charge in [0.15, 0.2) is 0 Å². The van der Waals surface area contributed by atoms with E-state index in [1.54, 1.807) is 0 Å². The second kappa shape index (κ2) is 2.47. The van der Waals surface area contributed by atoms with Gasteiger partial charge in [-0.15, -0.1) is 0 Å². The minimum atomic E-state index is -0.617. The van der Waals surface area contributed by atoms with Gasteiger partial charge in [0.05, 0.1) is 5.60 Å². The topological polar surface area (TPSA) is 46.5 Å². The van der Waals surface area contributed by atoms with Gasteiger partial charge in [0.25, 0.3) is 0 Å². The van der Waals surface area contributed by atoms with Crippen molar-refractivity contribution in [1.29, 1.82) is 0 Å². The largest absolute Gasteiger partial charge is 0.459 e. The van der Waals surface area contributed by atoms with Crippen molar-refractivity contribution in [2.75, 3.05) is 0 Å². The second-order valence-corrected chi connectivity index (χ2v) is 4.75. The molecule has 0 radical (unpaired) electrons. The van der Waals surface area contributed by atoms with Crippen LogP contribution in [-0.4, -0.2) is 22.3 Å². The molecular weight excluding hydrogens is 168 g/mol. The summed E-state index contributed by atoms with van der Waals surface area (Å²) in [5.41, 5.74) is -0.951. The Kier molecular flexibility index (Phi) is 1.71. The fourth-order valence-corrected chi connectivity index (χ4v) is 3.01. The van der Waals surface area contributed by atoms with Crippen LogP contribution >= 0.6 is 0 Å². The van der Waals surface area contributed by atoms with Crippen LogP contribution < -0.4 is 0 Å². The Hall–Kier alpha value is -0.570. The molecule has 1 N–H and O–H groups in total. The number of rotatable bonds is 1. The van der Waals surface area contributed by atoms with Crippen LogP contribution in [0.1, 0.15) is 39.5 Å². The van der Waals surface area contributed by atoms with Crippen LogP contribution in [-0.2, 0) is 9.53 Å². The van der Waals surface area contributed by atoms with Crippen molar-refractivity contribution in [3.63, 3.8) is 0 Å². The highest BCUT2D eigenvalue weighted by atomic mass is 16.6. The molecule has 74 valence electrons. The molecule has 0 saturated heterocycles. The maximum absolute atomic E-state index is 10.9. The summed E-state index contributed by atoms with van der Waals surface area (Å²) >= 11 is 0. The van der Waals surface area contributed by atoms with Crippen molar-refractivity contribution in [3.05, 3.63) is 0 Å². The van der Waals surface area contributed by atoms with Crippen LogP contribution in [0.2, 0.25) is 0 Å². The Balaban J connectivity index is 2.14. The highest BCUT2D eigenvalue weighted by Crippen LogP contribution is 2.55.